The van der Waals surface area contributed by atoms with Crippen molar-refractivity contribution in [3.63, 3.8) is 0 Å². The summed E-state index contributed by atoms with van der Waals surface area (Å²) in [5.41, 5.74) is -1.78. The van der Waals surface area contributed by atoms with E-state index >= 15 is 0 Å². The quantitative estimate of drug-likeness (QED) is 0.0777. The predicted octanol–water partition coefficient (Wildman–Crippen LogP) is 2.33. The summed E-state index contributed by atoms with van der Waals surface area (Å²) >= 11 is 0. The molecule has 0 spiro atoms. The van der Waals surface area contributed by atoms with E-state index < -0.39 is 91.5 Å². The summed E-state index contributed by atoms with van der Waals surface area (Å²) in [6.45, 7) is 3.56. The average Bonchev–Trinajstić information content (AvgIpc) is 3.01. The summed E-state index contributed by atoms with van der Waals surface area (Å²) in [4.78, 5) is 39.9. The number of ketones is 2. The molecule has 0 saturated heterocycles. The molecular weight excluding hydrogens is 676 g/mol. The summed E-state index contributed by atoms with van der Waals surface area (Å²) in [6, 6.07) is 2.50. The molecule has 280 valence electrons. The van der Waals surface area contributed by atoms with Crippen molar-refractivity contribution in [2.75, 3.05) is 20.7 Å². The van der Waals surface area contributed by atoms with E-state index in [1.54, 1.807) is 0 Å². The molecule has 1 aromatic rings. The monoisotopic (exact) mass is 726 g/mol. The molecule has 1 amide bonds. The van der Waals surface area contributed by atoms with Crippen LogP contribution in [0.25, 0.3) is 5.76 Å². The first-order valence-corrected chi connectivity index (χ1v) is 18.1. The van der Waals surface area contributed by atoms with Crippen LogP contribution >= 0.6 is 0 Å². The van der Waals surface area contributed by atoms with Crippen molar-refractivity contribution in [3.05, 3.63) is 46.2 Å². The number of hydrogen-bond donors (Lipinski definition) is 8. The molecule has 0 aliphatic heterocycles. The number of aliphatic hydroxyl groups is 5. The summed E-state index contributed by atoms with van der Waals surface area (Å²) in [5, 5.41) is 66.3. The van der Waals surface area contributed by atoms with Gasteiger partial charge in [-0.15, -0.1) is 0 Å². The smallest absolute Gasteiger partial charge is 0.397 e. The molecule has 0 aromatic heterocycles. The average molecular weight is 727 g/mol. The highest BCUT2D eigenvalue weighted by atomic mass is 32.3. The highest BCUT2D eigenvalue weighted by Crippen LogP contribution is 2.57. The minimum atomic E-state index is -4.23. The molecule has 4 rings (SSSR count). The first-order valence-electron chi connectivity index (χ1n) is 16.8. The summed E-state index contributed by atoms with van der Waals surface area (Å²) in [6.07, 6.45) is 9.98. The molecule has 6 atom stereocenters. The molecule has 0 bridgehead atoms. The zero-order chi connectivity index (χ0) is 37.8. The number of hydrogen-bond acceptors (Lipinski definition) is 13. The number of aromatic hydroxyl groups is 1. The number of unbranched alkanes of at least 4 members (excludes halogenated alkanes) is 9. The zero-order valence-electron chi connectivity index (χ0n) is 28.8. The van der Waals surface area contributed by atoms with Gasteiger partial charge in [0.15, 0.2) is 11.4 Å². The highest BCUT2D eigenvalue weighted by Gasteiger charge is 2.70. The maximum absolute atomic E-state index is 13.7. The van der Waals surface area contributed by atoms with E-state index in [2.05, 4.69) is 11.1 Å². The topological polar surface area (TPSA) is 265 Å². The number of aliphatic hydroxyl groups excluding tert-OH is 3. The molecule has 0 heterocycles. The lowest BCUT2D eigenvalue weighted by Crippen LogP contribution is -2.71. The number of likely N-dealkylation sites (N-methyl/N-ethyl adjacent to an activating group) is 1. The Morgan fingerprint density at radius 3 is 2.00 bits per heavy atom. The number of carbonyl (C=O) groups is 3. The third kappa shape index (κ3) is 8.06. The lowest BCUT2D eigenvalue weighted by atomic mass is 9.53. The molecule has 9 N–H and O–H groups in total. The van der Waals surface area contributed by atoms with Gasteiger partial charge in [-0.3, -0.25) is 23.8 Å². The first kappa shape index (κ1) is 41.0. The van der Waals surface area contributed by atoms with Gasteiger partial charge < -0.3 is 36.4 Å². The standard InChI is InChI=1S/C22H24N2O9.C12H26O4S/c1-21(32)7-5-4-6-8(25)9(7)15(26)10-12(21)17(28)13-14(24(2)3)16(27)11(20(23)31)19(30)22(13,33)18(10)29;1-2-3-4-5-6-7-8-9-10-11-12-16-17(13,14)15/h4-6,12-14,17,25-26,28,30,32-33H,1-3H3,(H2,23,31);2-12H2,1H3,(H,13,14,15)/t12-,13-,14+,17+,21-,22+;/m1./s1. The minimum absolute atomic E-state index is 0.00664. The van der Waals surface area contributed by atoms with E-state index in [0.29, 0.717) is 6.42 Å². The molecule has 1 fully saturated rings. The lowest BCUT2D eigenvalue weighted by molar-refractivity contribution is -0.181. The largest absolute Gasteiger partial charge is 0.508 e. The number of rotatable bonds is 14. The number of phenolic OH excluding ortho intramolecular Hbond substituents is 1. The van der Waals surface area contributed by atoms with Gasteiger partial charge in [-0.1, -0.05) is 76.8 Å². The van der Waals surface area contributed by atoms with Gasteiger partial charge in [-0.25, -0.2) is 4.18 Å². The summed E-state index contributed by atoms with van der Waals surface area (Å²) in [5.74, 6) is -9.67. The van der Waals surface area contributed by atoms with Crippen LogP contribution in [0.4, 0.5) is 0 Å². The van der Waals surface area contributed by atoms with Crippen molar-refractivity contribution < 1.29 is 62.2 Å². The number of fused-ring (bicyclic) bond motifs is 3. The van der Waals surface area contributed by atoms with Crippen LogP contribution in [0.1, 0.15) is 89.2 Å². The molecule has 50 heavy (non-hydrogen) atoms. The number of carbonyl (C=O) groups excluding carboxylic acids is 3. The number of benzene rings is 1. The maximum Gasteiger partial charge on any atom is 0.397 e. The van der Waals surface area contributed by atoms with Crippen LogP contribution in [0.2, 0.25) is 0 Å². The van der Waals surface area contributed by atoms with Gasteiger partial charge >= 0.3 is 10.4 Å². The third-order valence-corrected chi connectivity index (χ3v) is 10.2. The van der Waals surface area contributed by atoms with Crippen LogP contribution in [0.15, 0.2) is 35.1 Å². The fourth-order valence-electron chi connectivity index (χ4n) is 7.35. The zero-order valence-corrected chi connectivity index (χ0v) is 29.6. The number of nitrogens with two attached hydrogens (primary N) is 1. The van der Waals surface area contributed by atoms with Gasteiger partial charge in [0.25, 0.3) is 5.91 Å². The Hall–Kier alpha value is -3.38. The molecule has 16 heteroatoms. The van der Waals surface area contributed by atoms with E-state index in [9.17, 15) is 53.4 Å². The van der Waals surface area contributed by atoms with Crippen LogP contribution < -0.4 is 5.73 Å². The van der Waals surface area contributed by atoms with Crippen molar-refractivity contribution in [2.45, 2.75) is 101 Å². The minimum Gasteiger partial charge on any atom is -0.508 e. The molecule has 3 aliphatic rings. The Bertz CT molecular complexity index is 1620. The fourth-order valence-corrected chi connectivity index (χ4v) is 7.68. The second-order valence-electron chi connectivity index (χ2n) is 13.5. The number of nitrogens with zero attached hydrogens (tertiary/aromatic N) is 1. The maximum atomic E-state index is 13.7. The van der Waals surface area contributed by atoms with Gasteiger partial charge in [-0.2, -0.15) is 8.42 Å². The van der Waals surface area contributed by atoms with Crippen molar-refractivity contribution in [1.82, 2.24) is 4.90 Å². The van der Waals surface area contributed by atoms with Crippen molar-refractivity contribution in [3.8, 4) is 5.75 Å². The van der Waals surface area contributed by atoms with E-state index in [1.165, 1.54) is 89.1 Å². The Labute approximate surface area is 292 Å². The molecule has 1 saturated carbocycles. The van der Waals surface area contributed by atoms with E-state index in [4.69, 9.17) is 10.3 Å². The molecule has 0 unspecified atom stereocenters. The van der Waals surface area contributed by atoms with Gasteiger partial charge in [0.1, 0.15) is 22.8 Å². The molecule has 15 nitrogen and oxygen atoms in total. The normalized spacial score (nSPS) is 27.8. The fraction of sp³-hybridized carbons (Fsp3) is 0.618. The lowest BCUT2D eigenvalue weighted by Gasteiger charge is -2.55. The molecule has 1 aromatic carbocycles. The number of amides is 1. The molecule has 3 aliphatic carbocycles. The predicted molar refractivity (Wildman–Crippen MR) is 181 cm³/mol. The Morgan fingerprint density at radius 1 is 0.960 bits per heavy atom. The van der Waals surface area contributed by atoms with Gasteiger partial charge in [0, 0.05) is 0 Å². The van der Waals surface area contributed by atoms with Crippen molar-refractivity contribution >= 4 is 33.6 Å². The van der Waals surface area contributed by atoms with Crippen LogP contribution in [0.5, 0.6) is 5.75 Å². The SMILES string of the molecule is CCCCCCCCCCCCOS(=O)(=O)O.CN(C)[C@@H]1C(=O)C(C(N)=O)=C(O)[C@@]2(O)C(=O)C3=C(O)c4c(O)cccc4[C@@](C)(O)[C@H]3[C@H](O)[C@@H]12. The van der Waals surface area contributed by atoms with Gasteiger partial charge in [-0.05, 0) is 39.1 Å². The summed E-state index contributed by atoms with van der Waals surface area (Å²) in [7, 11) is -1.44. The Balaban J connectivity index is 0.000000338. The van der Waals surface area contributed by atoms with Gasteiger partial charge in [0.05, 0.1) is 47.3 Å². The number of phenols is 1. The van der Waals surface area contributed by atoms with Gasteiger partial charge in [0.2, 0.25) is 5.78 Å². The van der Waals surface area contributed by atoms with Crippen LogP contribution in [-0.4, -0.2) is 104 Å². The Kier molecular flexibility index (Phi) is 13.4. The van der Waals surface area contributed by atoms with Crippen molar-refractivity contribution in [2.24, 2.45) is 17.6 Å². The van der Waals surface area contributed by atoms with E-state index in [-0.39, 0.29) is 17.7 Å². The van der Waals surface area contributed by atoms with E-state index in [1.807, 2.05) is 0 Å². The highest BCUT2D eigenvalue weighted by molar-refractivity contribution is 7.80. The number of primary amides is 1. The van der Waals surface area contributed by atoms with Crippen LogP contribution in [0.3, 0.4) is 0 Å². The molecular formula is C34H50N2O13S. The second kappa shape index (κ2) is 16.3. The van der Waals surface area contributed by atoms with Crippen molar-refractivity contribution in [1.29, 1.82) is 0 Å². The first-order chi connectivity index (χ1) is 23.3. The van der Waals surface area contributed by atoms with Crippen LogP contribution in [0, 0.1) is 11.8 Å². The van der Waals surface area contributed by atoms with E-state index in [0.717, 1.165) is 12.8 Å². The third-order valence-electron chi connectivity index (χ3n) is 9.76. The number of Topliss-reactive ketones (excluding diaryl/α,β-unsaturated/α-hetero) is 2. The molecule has 0 radical (unpaired) electrons. The van der Waals surface area contributed by atoms with Crippen LogP contribution in [-0.2, 0) is 34.6 Å². The Morgan fingerprint density at radius 2 is 1.50 bits per heavy atom. The second-order valence-corrected chi connectivity index (χ2v) is 14.6. The summed E-state index contributed by atoms with van der Waals surface area (Å²) < 4.78 is 33.0.